The van der Waals surface area contributed by atoms with Crippen molar-refractivity contribution in [2.24, 2.45) is 0 Å². The summed E-state index contributed by atoms with van der Waals surface area (Å²) in [4.78, 5) is 38.0. The molecule has 1 saturated heterocycles. The molecule has 8 nitrogen and oxygen atoms in total. The van der Waals surface area contributed by atoms with Gasteiger partial charge in [-0.2, -0.15) is 0 Å². The molecule has 3 rings (SSSR count). The van der Waals surface area contributed by atoms with Gasteiger partial charge in [0.05, 0.1) is 12.0 Å². The molecule has 2 heterocycles. The van der Waals surface area contributed by atoms with Crippen LogP contribution in [-0.2, 0) is 20.7 Å². The molecule has 0 saturated carbocycles. The quantitative estimate of drug-likeness (QED) is 0.698. The van der Waals surface area contributed by atoms with Crippen LogP contribution in [0.1, 0.15) is 30.9 Å². The maximum absolute atomic E-state index is 12.2. The van der Waals surface area contributed by atoms with Crippen LogP contribution in [0.5, 0.6) is 0 Å². The van der Waals surface area contributed by atoms with Crippen molar-refractivity contribution in [3.05, 3.63) is 35.5 Å². The lowest BCUT2D eigenvalue weighted by atomic mass is 9.88. The van der Waals surface area contributed by atoms with E-state index in [4.69, 9.17) is 14.6 Å². The van der Waals surface area contributed by atoms with Crippen LogP contribution < -0.4 is 5.32 Å². The highest BCUT2D eigenvalue weighted by Gasteiger charge is 2.34. The molecule has 1 amide bonds. The molecular formula is C20H27N3O5. The van der Waals surface area contributed by atoms with Crippen molar-refractivity contribution in [3.63, 3.8) is 0 Å². The number of alkyl carbamates (subject to hydrolysis) is 1. The molecule has 2 unspecified atom stereocenters. The van der Waals surface area contributed by atoms with Gasteiger partial charge in [0, 0.05) is 30.6 Å². The lowest BCUT2D eigenvalue weighted by molar-refractivity contribution is -0.134. The van der Waals surface area contributed by atoms with Crippen molar-refractivity contribution in [2.75, 3.05) is 27.2 Å². The number of benzene rings is 1. The first-order valence-corrected chi connectivity index (χ1v) is 9.07. The van der Waals surface area contributed by atoms with E-state index in [2.05, 4.69) is 35.4 Å². The number of aromatic nitrogens is 1. The van der Waals surface area contributed by atoms with E-state index in [0.29, 0.717) is 0 Å². The Hall–Kier alpha value is -2.87. The third kappa shape index (κ3) is 5.56. The second-order valence-electron chi connectivity index (χ2n) is 7.13. The number of carboxylic acids is 1. The lowest BCUT2D eigenvalue weighted by Gasteiger charge is -2.19. The second-order valence-corrected chi connectivity index (χ2v) is 7.13. The number of hydrogen-bond acceptors (Lipinski definition) is 5. The number of likely N-dealkylation sites (N-methyl/N-ethyl adjacent to an activating group) is 1. The van der Waals surface area contributed by atoms with E-state index in [-0.39, 0.29) is 18.4 Å². The first-order chi connectivity index (χ1) is 13.2. The maximum Gasteiger partial charge on any atom is 0.407 e. The van der Waals surface area contributed by atoms with E-state index in [1.807, 2.05) is 18.3 Å². The number of amides is 1. The number of H-pyrrole nitrogens is 1. The Bertz CT molecular complexity index is 855. The number of carbonyl (C=O) groups is 3. The van der Waals surface area contributed by atoms with E-state index in [1.165, 1.54) is 5.56 Å². The molecule has 152 valence electrons. The van der Waals surface area contributed by atoms with E-state index in [1.54, 1.807) is 6.92 Å². The van der Waals surface area contributed by atoms with Gasteiger partial charge in [-0.1, -0.05) is 6.07 Å². The second kappa shape index (κ2) is 9.36. The third-order valence-corrected chi connectivity index (χ3v) is 4.52. The molecule has 2 atom stereocenters. The first-order valence-electron chi connectivity index (χ1n) is 9.07. The van der Waals surface area contributed by atoms with E-state index < -0.39 is 18.0 Å². The van der Waals surface area contributed by atoms with Gasteiger partial charge in [0.25, 0.3) is 5.97 Å². The highest BCUT2D eigenvalue weighted by atomic mass is 16.6. The fourth-order valence-electron chi connectivity index (χ4n) is 3.27. The molecule has 3 N–H and O–H groups in total. The molecule has 1 aliphatic heterocycles. The van der Waals surface area contributed by atoms with Crippen LogP contribution in [-0.4, -0.2) is 66.1 Å². The number of cyclic esters (lactones) is 1. The molecule has 0 spiro atoms. The van der Waals surface area contributed by atoms with Gasteiger partial charge in [-0.25, -0.2) is 4.79 Å². The number of aliphatic carboxylic acids is 1. The van der Waals surface area contributed by atoms with Crippen LogP contribution in [0.4, 0.5) is 4.79 Å². The highest BCUT2D eigenvalue weighted by Crippen LogP contribution is 2.28. The molecular weight excluding hydrogens is 362 g/mol. The van der Waals surface area contributed by atoms with Crippen LogP contribution in [0.2, 0.25) is 0 Å². The Morgan fingerprint density at radius 3 is 2.54 bits per heavy atom. The number of ether oxygens (including phenoxy) is 1. The molecule has 1 aliphatic rings. The number of hydrogen-bond donors (Lipinski definition) is 3. The molecule has 8 heteroatoms. The predicted octanol–water partition coefficient (Wildman–Crippen LogP) is 2.14. The summed E-state index contributed by atoms with van der Waals surface area (Å²) in [6.07, 6.45) is 2.51. The summed E-state index contributed by atoms with van der Waals surface area (Å²) in [7, 11) is 4.10. The third-order valence-electron chi connectivity index (χ3n) is 4.52. The Labute approximate surface area is 163 Å². The van der Waals surface area contributed by atoms with Crippen LogP contribution in [0, 0.1) is 0 Å². The van der Waals surface area contributed by atoms with Gasteiger partial charge in [0.15, 0.2) is 0 Å². The summed E-state index contributed by atoms with van der Waals surface area (Å²) in [6.45, 7) is 3.82. The SMILES string of the molecule is CC(=O)C(c1ccc2[nH]cc(CCN(C)C)c2c1)C1COC(=O)N1.CC(=O)O. The number of carboxylic acid groups (broad SMARTS) is 1. The van der Waals surface area contributed by atoms with Gasteiger partial charge in [0.1, 0.15) is 12.4 Å². The largest absolute Gasteiger partial charge is 0.481 e. The predicted molar refractivity (Wildman–Crippen MR) is 106 cm³/mol. The number of nitrogens with one attached hydrogen (secondary N) is 2. The van der Waals surface area contributed by atoms with Crippen molar-refractivity contribution in [3.8, 4) is 0 Å². The van der Waals surface area contributed by atoms with Crippen molar-refractivity contribution in [2.45, 2.75) is 32.2 Å². The Morgan fingerprint density at radius 1 is 1.32 bits per heavy atom. The molecule has 0 bridgehead atoms. The maximum atomic E-state index is 12.2. The summed E-state index contributed by atoms with van der Waals surface area (Å²) in [5.74, 6) is -1.20. The Kier molecular flexibility index (Phi) is 7.17. The zero-order valence-electron chi connectivity index (χ0n) is 16.6. The number of rotatable bonds is 6. The lowest BCUT2D eigenvalue weighted by Crippen LogP contribution is -2.36. The fraction of sp³-hybridized carbons (Fsp3) is 0.450. The highest BCUT2D eigenvalue weighted by molar-refractivity contribution is 5.89. The van der Waals surface area contributed by atoms with Crippen LogP contribution in [0.15, 0.2) is 24.4 Å². The molecule has 2 aromatic rings. The normalized spacial score (nSPS) is 16.9. The van der Waals surface area contributed by atoms with Crippen molar-refractivity contribution >= 4 is 28.7 Å². The van der Waals surface area contributed by atoms with E-state index in [0.717, 1.165) is 36.4 Å². The summed E-state index contributed by atoms with van der Waals surface area (Å²) >= 11 is 0. The first kappa shape index (κ1) is 21.4. The van der Waals surface area contributed by atoms with E-state index >= 15 is 0 Å². The molecule has 1 fully saturated rings. The smallest absolute Gasteiger partial charge is 0.407 e. The minimum absolute atomic E-state index is 0.0236. The fourth-order valence-corrected chi connectivity index (χ4v) is 3.27. The zero-order chi connectivity index (χ0) is 20.8. The van der Waals surface area contributed by atoms with E-state index in [9.17, 15) is 9.59 Å². The topological polar surface area (TPSA) is 112 Å². The number of carbonyl (C=O) groups excluding carboxylic acids is 2. The molecule has 0 aliphatic carbocycles. The summed E-state index contributed by atoms with van der Waals surface area (Å²) in [5.41, 5.74) is 3.20. The van der Waals surface area contributed by atoms with Gasteiger partial charge in [-0.15, -0.1) is 0 Å². The van der Waals surface area contributed by atoms with Crippen molar-refractivity contribution in [1.29, 1.82) is 0 Å². The van der Waals surface area contributed by atoms with Crippen LogP contribution >= 0.6 is 0 Å². The van der Waals surface area contributed by atoms with Crippen molar-refractivity contribution in [1.82, 2.24) is 15.2 Å². The van der Waals surface area contributed by atoms with Gasteiger partial charge in [-0.3, -0.25) is 9.59 Å². The summed E-state index contributed by atoms with van der Waals surface area (Å²) in [5, 5.41) is 11.3. The number of ketones is 1. The molecule has 0 radical (unpaired) electrons. The number of aromatic amines is 1. The van der Waals surface area contributed by atoms with Gasteiger partial charge in [0.2, 0.25) is 0 Å². The Balaban J connectivity index is 0.000000640. The summed E-state index contributed by atoms with van der Waals surface area (Å²) in [6, 6.07) is 5.70. The standard InChI is InChI=1S/C18H23N3O3.C2H4O2/c1-11(22)17(16-10-24-18(23)20-16)12-4-5-15-14(8-12)13(9-19-15)6-7-21(2)3;1-2(3)4/h4-5,8-9,16-17,19H,6-7,10H2,1-3H3,(H,20,23);1H3,(H,3,4). The Morgan fingerprint density at radius 2 is 2.00 bits per heavy atom. The number of fused-ring (bicyclic) bond motifs is 1. The van der Waals surface area contributed by atoms with Crippen LogP contribution in [0.25, 0.3) is 10.9 Å². The average molecular weight is 389 g/mol. The minimum atomic E-state index is -0.833. The average Bonchev–Trinajstić information content (AvgIpc) is 3.18. The molecule has 28 heavy (non-hydrogen) atoms. The summed E-state index contributed by atoms with van der Waals surface area (Å²) < 4.78 is 4.97. The van der Waals surface area contributed by atoms with Crippen molar-refractivity contribution < 1.29 is 24.2 Å². The monoisotopic (exact) mass is 389 g/mol. The molecule has 1 aromatic heterocycles. The minimum Gasteiger partial charge on any atom is -0.481 e. The molecule has 1 aromatic carbocycles. The zero-order valence-corrected chi connectivity index (χ0v) is 16.6. The van der Waals surface area contributed by atoms with Gasteiger partial charge in [-0.05, 0) is 50.7 Å². The van der Waals surface area contributed by atoms with Crippen LogP contribution in [0.3, 0.4) is 0 Å². The number of Topliss-reactive ketones (excluding diaryl/α,β-unsaturated/α-hetero) is 1. The van der Waals surface area contributed by atoms with Gasteiger partial charge < -0.3 is 25.0 Å². The number of nitrogens with zero attached hydrogens (tertiary/aromatic N) is 1. The van der Waals surface area contributed by atoms with Gasteiger partial charge >= 0.3 is 6.09 Å².